The fraction of sp³-hybridized carbons (Fsp3) is 0.231. The Morgan fingerprint density at radius 1 is 1.28 bits per heavy atom. The van der Waals surface area contributed by atoms with Crippen LogP contribution in [0.3, 0.4) is 0 Å². The van der Waals surface area contributed by atoms with E-state index in [2.05, 4.69) is 21.2 Å². The standard InChI is InChI=1S/C13H12BrCl2NO/c1-17-11(12-4-5-13(14)18-12)7-8-6-9(15)2-3-10(8)16/h2-6,11,17H,7H2,1H3. The number of nitrogens with one attached hydrogen (secondary N) is 1. The highest BCUT2D eigenvalue weighted by atomic mass is 79.9. The minimum absolute atomic E-state index is 0.0623. The van der Waals surface area contributed by atoms with Crippen molar-refractivity contribution in [1.82, 2.24) is 5.32 Å². The normalized spacial score (nSPS) is 12.7. The minimum Gasteiger partial charge on any atom is -0.453 e. The molecule has 0 aliphatic rings. The fourth-order valence-electron chi connectivity index (χ4n) is 1.78. The van der Waals surface area contributed by atoms with Gasteiger partial charge in [0.25, 0.3) is 0 Å². The van der Waals surface area contributed by atoms with E-state index in [0.717, 1.165) is 22.4 Å². The summed E-state index contributed by atoms with van der Waals surface area (Å²) >= 11 is 15.4. The van der Waals surface area contributed by atoms with Crippen molar-refractivity contribution in [2.45, 2.75) is 12.5 Å². The van der Waals surface area contributed by atoms with E-state index in [-0.39, 0.29) is 6.04 Å². The second-order valence-corrected chi connectivity index (χ2v) is 5.55. The third-order valence-electron chi connectivity index (χ3n) is 2.72. The SMILES string of the molecule is CNC(Cc1cc(Cl)ccc1Cl)c1ccc(Br)o1. The van der Waals surface area contributed by atoms with Crippen LogP contribution in [0.2, 0.25) is 10.0 Å². The molecule has 1 atom stereocenters. The Kier molecular flexibility index (Phi) is 4.73. The second-order valence-electron chi connectivity index (χ2n) is 3.92. The van der Waals surface area contributed by atoms with E-state index in [9.17, 15) is 0 Å². The average Bonchev–Trinajstić information content (AvgIpc) is 2.77. The molecule has 5 heteroatoms. The van der Waals surface area contributed by atoms with Crippen molar-refractivity contribution in [3.63, 3.8) is 0 Å². The van der Waals surface area contributed by atoms with Crippen LogP contribution in [0.15, 0.2) is 39.4 Å². The maximum Gasteiger partial charge on any atom is 0.169 e. The lowest BCUT2D eigenvalue weighted by Gasteiger charge is -2.14. The molecule has 96 valence electrons. The van der Waals surface area contributed by atoms with Crippen molar-refractivity contribution in [2.75, 3.05) is 7.05 Å². The molecule has 0 fully saturated rings. The Hall–Kier alpha value is -0.480. The quantitative estimate of drug-likeness (QED) is 0.854. The van der Waals surface area contributed by atoms with Gasteiger partial charge < -0.3 is 9.73 Å². The number of hydrogen-bond donors (Lipinski definition) is 1. The van der Waals surface area contributed by atoms with E-state index < -0.39 is 0 Å². The molecule has 18 heavy (non-hydrogen) atoms. The summed E-state index contributed by atoms with van der Waals surface area (Å²) in [6.07, 6.45) is 0.718. The van der Waals surface area contributed by atoms with Crippen LogP contribution in [-0.2, 0) is 6.42 Å². The smallest absolute Gasteiger partial charge is 0.169 e. The average molecular weight is 349 g/mol. The monoisotopic (exact) mass is 347 g/mol. The first-order chi connectivity index (χ1) is 8.60. The van der Waals surface area contributed by atoms with Crippen LogP contribution in [0.25, 0.3) is 0 Å². The minimum atomic E-state index is 0.0623. The Morgan fingerprint density at radius 2 is 2.06 bits per heavy atom. The van der Waals surface area contributed by atoms with Gasteiger partial charge in [0.15, 0.2) is 4.67 Å². The van der Waals surface area contributed by atoms with E-state index in [1.165, 1.54) is 0 Å². The number of halogens is 3. The van der Waals surface area contributed by atoms with Gasteiger partial charge in [0, 0.05) is 10.0 Å². The first-order valence-corrected chi connectivity index (χ1v) is 7.01. The predicted molar refractivity (Wildman–Crippen MR) is 78.4 cm³/mol. The third-order valence-corrected chi connectivity index (χ3v) is 3.75. The van der Waals surface area contributed by atoms with Crippen LogP contribution in [-0.4, -0.2) is 7.05 Å². The van der Waals surface area contributed by atoms with Gasteiger partial charge in [-0.3, -0.25) is 0 Å². The van der Waals surface area contributed by atoms with Crippen molar-refractivity contribution < 1.29 is 4.42 Å². The summed E-state index contributed by atoms with van der Waals surface area (Å²) < 4.78 is 6.27. The lowest BCUT2D eigenvalue weighted by atomic mass is 10.0. The molecule has 1 N–H and O–H groups in total. The largest absolute Gasteiger partial charge is 0.453 e. The zero-order chi connectivity index (χ0) is 13.1. The van der Waals surface area contributed by atoms with Crippen LogP contribution < -0.4 is 5.32 Å². The van der Waals surface area contributed by atoms with Gasteiger partial charge >= 0.3 is 0 Å². The van der Waals surface area contributed by atoms with Crippen LogP contribution >= 0.6 is 39.1 Å². The summed E-state index contributed by atoms with van der Waals surface area (Å²) in [5.41, 5.74) is 0.996. The molecule has 0 aliphatic heterocycles. The number of likely N-dealkylation sites (N-methyl/N-ethyl adjacent to an activating group) is 1. The van der Waals surface area contributed by atoms with Gasteiger partial charge in [0.05, 0.1) is 6.04 Å². The van der Waals surface area contributed by atoms with Crippen LogP contribution in [0.4, 0.5) is 0 Å². The Morgan fingerprint density at radius 3 is 2.67 bits per heavy atom. The van der Waals surface area contributed by atoms with Crippen molar-refractivity contribution in [1.29, 1.82) is 0 Å². The van der Waals surface area contributed by atoms with Gasteiger partial charge in [-0.2, -0.15) is 0 Å². The van der Waals surface area contributed by atoms with E-state index in [4.69, 9.17) is 27.6 Å². The maximum absolute atomic E-state index is 6.16. The van der Waals surface area contributed by atoms with Crippen LogP contribution in [0.1, 0.15) is 17.4 Å². The summed E-state index contributed by atoms with van der Waals surface area (Å²) in [5.74, 6) is 0.861. The molecule has 1 aromatic heterocycles. The number of furan rings is 1. The van der Waals surface area contributed by atoms with Crippen molar-refractivity contribution in [2.24, 2.45) is 0 Å². The molecular formula is C13H12BrCl2NO. The molecule has 1 heterocycles. The molecule has 0 radical (unpaired) electrons. The molecule has 0 spiro atoms. The molecule has 2 rings (SSSR count). The highest BCUT2D eigenvalue weighted by Crippen LogP contribution is 2.28. The van der Waals surface area contributed by atoms with Gasteiger partial charge in [0.2, 0.25) is 0 Å². The lowest BCUT2D eigenvalue weighted by molar-refractivity contribution is 0.417. The molecule has 1 aromatic carbocycles. The Bertz CT molecular complexity index is 542. The van der Waals surface area contributed by atoms with Gasteiger partial charge in [-0.1, -0.05) is 23.2 Å². The molecule has 0 amide bonds. The van der Waals surface area contributed by atoms with Crippen molar-refractivity contribution in [3.05, 3.63) is 56.4 Å². The van der Waals surface area contributed by atoms with Gasteiger partial charge in [-0.25, -0.2) is 0 Å². The lowest BCUT2D eigenvalue weighted by Crippen LogP contribution is -2.18. The highest BCUT2D eigenvalue weighted by Gasteiger charge is 2.15. The van der Waals surface area contributed by atoms with Crippen LogP contribution in [0.5, 0.6) is 0 Å². The summed E-state index contributed by atoms with van der Waals surface area (Å²) in [6, 6.07) is 9.34. The fourth-order valence-corrected chi connectivity index (χ4v) is 2.49. The molecular weight excluding hydrogens is 337 g/mol. The first kappa shape index (κ1) is 13.9. The Balaban J connectivity index is 2.22. The zero-order valence-corrected chi connectivity index (χ0v) is 12.8. The molecule has 0 aliphatic carbocycles. The van der Waals surface area contributed by atoms with Crippen LogP contribution in [0, 0.1) is 0 Å². The zero-order valence-electron chi connectivity index (χ0n) is 9.71. The van der Waals surface area contributed by atoms with Crippen molar-refractivity contribution >= 4 is 39.1 Å². The predicted octanol–water partition coefficient (Wildman–Crippen LogP) is 4.85. The first-order valence-electron chi connectivity index (χ1n) is 5.46. The highest BCUT2D eigenvalue weighted by molar-refractivity contribution is 9.10. The molecule has 0 saturated carbocycles. The molecule has 0 saturated heterocycles. The Labute approximate surface area is 124 Å². The summed E-state index contributed by atoms with van der Waals surface area (Å²) in [6.45, 7) is 0. The summed E-state index contributed by atoms with van der Waals surface area (Å²) in [7, 11) is 1.89. The molecule has 1 unspecified atom stereocenters. The van der Waals surface area contributed by atoms with E-state index >= 15 is 0 Å². The van der Waals surface area contributed by atoms with Crippen molar-refractivity contribution in [3.8, 4) is 0 Å². The molecule has 2 nitrogen and oxygen atoms in total. The van der Waals surface area contributed by atoms with E-state index in [1.54, 1.807) is 6.07 Å². The summed E-state index contributed by atoms with van der Waals surface area (Å²) in [5, 5.41) is 4.61. The molecule has 0 bridgehead atoms. The summed E-state index contributed by atoms with van der Waals surface area (Å²) in [4.78, 5) is 0. The number of hydrogen-bond acceptors (Lipinski definition) is 2. The van der Waals surface area contributed by atoms with E-state index in [0.29, 0.717) is 10.0 Å². The van der Waals surface area contributed by atoms with Gasteiger partial charge in [0.1, 0.15) is 5.76 Å². The second kappa shape index (κ2) is 6.11. The third kappa shape index (κ3) is 3.29. The number of benzene rings is 1. The topological polar surface area (TPSA) is 25.2 Å². The van der Waals surface area contributed by atoms with Gasteiger partial charge in [-0.05, 0) is 65.3 Å². The number of rotatable bonds is 4. The van der Waals surface area contributed by atoms with E-state index in [1.807, 2.05) is 31.3 Å². The molecule has 2 aromatic rings. The maximum atomic E-state index is 6.16. The van der Waals surface area contributed by atoms with Gasteiger partial charge in [-0.15, -0.1) is 0 Å².